The molecule has 23 heavy (non-hydrogen) atoms. The molecule has 0 amide bonds. The number of phenolic OH excluding ortho intramolecular Hbond substituents is 1. The summed E-state index contributed by atoms with van der Waals surface area (Å²) < 4.78 is 0. The van der Waals surface area contributed by atoms with Crippen LogP contribution in [0.4, 0.5) is 5.69 Å². The van der Waals surface area contributed by atoms with Crippen molar-refractivity contribution in [1.82, 2.24) is 0 Å². The summed E-state index contributed by atoms with van der Waals surface area (Å²) in [4.78, 5) is 0. The lowest BCUT2D eigenvalue weighted by molar-refractivity contribution is 0.478. The largest absolute Gasteiger partial charge is 0.506 e. The standard InChI is InChI=1S/C13H14N2.C6H7NO/c14-13(15,11-7-3-1-4-8-11)12-9-5-2-6-10-12;7-5-3-1-2-4-6(5)8/h1-10H,14-15H2;1-4,8H,7H2. The van der Waals surface area contributed by atoms with Crippen molar-refractivity contribution >= 4 is 5.69 Å². The van der Waals surface area contributed by atoms with Gasteiger partial charge in [0.25, 0.3) is 0 Å². The molecule has 0 aromatic heterocycles. The zero-order valence-corrected chi connectivity index (χ0v) is 12.8. The van der Waals surface area contributed by atoms with Crippen LogP contribution in [0.5, 0.6) is 5.75 Å². The highest BCUT2D eigenvalue weighted by molar-refractivity contribution is 5.50. The number of nitrogen functional groups attached to an aromatic ring is 1. The van der Waals surface area contributed by atoms with E-state index in [-0.39, 0.29) is 5.75 Å². The summed E-state index contributed by atoms with van der Waals surface area (Å²) in [5.74, 6) is 0.146. The monoisotopic (exact) mass is 307 g/mol. The van der Waals surface area contributed by atoms with Gasteiger partial charge in [0.1, 0.15) is 11.4 Å². The Labute approximate surface area is 136 Å². The third-order valence-electron chi connectivity index (χ3n) is 3.44. The average molecular weight is 307 g/mol. The Kier molecular flexibility index (Phi) is 5.36. The van der Waals surface area contributed by atoms with E-state index in [9.17, 15) is 0 Å². The van der Waals surface area contributed by atoms with Gasteiger partial charge >= 0.3 is 0 Å². The maximum Gasteiger partial charge on any atom is 0.138 e. The molecule has 0 bridgehead atoms. The molecule has 0 unspecified atom stereocenters. The molecule has 0 heterocycles. The van der Waals surface area contributed by atoms with Crippen LogP contribution in [-0.4, -0.2) is 5.11 Å². The Morgan fingerprint density at radius 2 is 1.00 bits per heavy atom. The first kappa shape index (κ1) is 16.5. The number of benzene rings is 3. The van der Waals surface area contributed by atoms with Gasteiger partial charge in [-0.3, -0.25) is 0 Å². The second-order valence-electron chi connectivity index (χ2n) is 5.16. The molecule has 3 aromatic carbocycles. The zero-order valence-electron chi connectivity index (χ0n) is 12.8. The number of phenols is 1. The summed E-state index contributed by atoms with van der Waals surface area (Å²) in [5.41, 5.74) is 18.9. The predicted octanol–water partition coefficient (Wildman–Crippen LogP) is 2.78. The van der Waals surface area contributed by atoms with Crippen molar-refractivity contribution in [3.05, 3.63) is 96.1 Å². The fourth-order valence-electron chi connectivity index (χ4n) is 2.08. The SMILES string of the molecule is NC(N)(c1ccccc1)c1ccccc1.Nc1ccccc1O. The fraction of sp³-hybridized carbons (Fsp3) is 0.0526. The summed E-state index contributed by atoms with van der Waals surface area (Å²) in [7, 11) is 0. The van der Waals surface area contributed by atoms with E-state index in [1.165, 1.54) is 0 Å². The molecule has 0 saturated heterocycles. The van der Waals surface area contributed by atoms with E-state index in [1.54, 1.807) is 24.3 Å². The van der Waals surface area contributed by atoms with E-state index < -0.39 is 5.66 Å². The van der Waals surface area contributed by atoms with Crippen molar-refractivity contribution in [2.45, 2.75) is 5.66 Å². The van der Waals surface area contributed by atoms with Crippen LogP contribution in [0, 0.1) is 0 Å². The molecule has 0 atom stereocenters. The van der Waals surface area contributed by atoms with E-state index in [0.717, 1.165) is 11.1 Å². The van der Waals surface area contributed by atoms with Crippen LogP contribution in [0.15, 0.2) is 84.9 Å². The van der Waals surface area contributed by atoms with Gasteiger partial charge in [-0.05, 0) is 23.3 Å². The first-order chi connectivity index (χ1) is 11.0. The van der Waals surface area contributed by atoms with Gasteiger partial charge in [-0.15, -0.1) is 0 Å². The smallest absolute Gasteiger partial charge is 0.138 e. The van der Waals surface area contributed by atoms with Gasteiger partial charge in [0.05, 0.1) is 5.69 Å². The van der Waals surface area contributed by atoms with Gasteiger partial charge in [-0.25, -0.2) is 0 Å². The van der Waals surface area contributed by atoms with Crippen LogP contribution >= 0.6 is 0 Å². The van der Waals surface area contributed by atoms with Crippen molar-refractivity contribution in [3.63, 3.8) is 0 Å². The summed E-state index contributed by atoms with van der Waals surface area (Å²) in [5, 5.41) is 8.79. The van der Waals surface area contributed by atoms with E-state index in [2.05, 4.69) is 0 Å². The van der Waals surface area contributed by atoms with E-state index in [4.69, 9.17) is 22.3 Å². The number of rotatable bonds is 2. The van der Waals surface area contributed by atoms with Crippen molar-refractivity contribution in [2.24, 2.45) is 11.5 Å². The van der Waals surface area contributed by atoms with Crippen LogP contribution in [-0.2, 0) is 5.66 Å². The maximum absolute atomic E-state index is 8.79. The molecule has 3 rings (SSSR count). The van der Waals surface area contributed by atoms with Crippen molar-refractivity contribution < 1.29 is 5.11 Å². The molecule has 0 saturated carbocycles. The third kappa shape index (κ3) is 4.32. The van der Waals surface area contributed by atoms with Gasteiger partial charge in [-0.2, -0.15) is 0 Å². The van der Waals surface area contributed by atoms with Gasteiger partial charge in [-0.1, -0.05) is 72.8 Å². The van der Waals surface area contributed by atoms with Gasteiger partial charge in [0, 0.05) is 0 Å². The van der Waals surface area contributed by atoms with Crippen molar-refractivity contribution in [3.8, 4) is 5.75 Å². The Hall–Kier alpha value is -2.82. The number of para-hydroxylation sites is 2. The molecule has 0 radical (unpaired) electrons. The quantitative estimate of drug-likeness (QED) is 0.332. The molecular weight excluding hydrogens is 286 g/mol. The normalized spacial score (nSPS) is 10.5. The lowest BCUT2D eigenvalue weighted by Crippen LogP contribution is -2.46. The highest BCUT2D eigenvalue weighted by Crippen LogP contribution is 2.20. The lowest BCUT2D eigenvalue weighted by Gasteiger charge is -2.25. The summed E-state index contributed by atoms with van der Waals surface area (Å²) in [6.45, 7) is 0. The molecule has 3 aromatic rings. The maximum atomic E-state index is 8.79. The Balaban J connectivity index is 0.000000203. The van der Waals surface area contributed by atoms with Crippen LogP contribution < -0.4 is 17.2 Å². The minimum absolute atomic E-state index is 0.146. The van der Waals surface area contributed by atoms with E-state index >= 15 is 0 Å². The van der Waals surface area contributed by atoms with Gasteiger partial charge in [0.15, 0.2) is 0 Å². The topological polar surface area (TPSA) is 98.3 Å². The number of hydrogen-bond donors (Lipinski definition) is 4. The van der Waals surface area contributed by atoms with Crippen LogP contribution in [0.25, 0.3) is 0 Å². The molecule has 4 nitrogen and oxygen atoms in total. The minimum Gasteiger partial charge on any atom is -0.506 e. The van der Waals surface area contributed by atoms with Gasteiger partial charge in [0.2, 0.25) is 0 Å². The van der Waals surface area contributed by atoms with E-state index in [1.807, 2.05) is 60.7 Å². The number of aromatic hydroxyl groups is 1. The van der Waals surface area contributed by atoms with Crippen LogP contribution in [0.2, 0.25) is 0 Å². The van der Waals surface area contributed by atoms with Crippen molar-refractivity contribution in [1.29, 1.82) is 0 Å². The first-order valence-electron chi connectivity index (χ1n) is 7.24. The summed E-state index contributed by atoms with van der Waals surface area (Å²) in [6, 6.07) is 26.1. The molecule has 4 heteroatoms. The number of anilines is 1. The third-order valence-corrected chi connectivity index (χ3v) is 3.44. The van der Waals surface area contributed by atoms with E-state index in [0.29, 0.717) is 5.69 Å². The molecule has 7 N–H and O–H groups in total. The number of nitrogens with two attached hydrogens (primary N) is 3. The van der Waals surface area contributed by atoms with Crippen LogP contribution in [0.3, 0.4) is 0 Å². The fourth-order valence-corrected chi connectivity index (χ4v) is 2.08. The van der Waals surface area contributed by atoms with Gasteiger partial charge < -0.3 is 22.3 Å². The average Bonchev–Trinajstić information content (AvgIpc) is 2.60. The molecule has 0 aliphatic carbocycles. The highest BCUT2D eigenvalue weighted by Gasteiger charge is 2.23. The highest BCUT2D eigenvalue weighted by atomic mass is 16.3. The molecule has 118 valence electrons. The summed E-state index contributed by atoms with van der Waals surface area (Å²) in [6.07, 6.45) is 0. The van der Waals surface area contributed by atoms with Crippen molar-refractivity contribution in [2.75, 3.05) is 5.73 Å². The zero-order chi connectivity index (χ0) is 16.7. The number of hydrogen-bond acceptors (Lipinski definition) is 4. The molecule has 0 spiro atoms. The second kappa shape index (κ2) is 7.45. The first-order valence-corrected chi connectivity index (χ1v) is 7.24. The lowest BCUT2D eigenvalue weighted by atomic mass is 9.93. The van der Waals surface area contributed by atoms with Crippen LogP contribution in [0.1, 0.15) is 11.1 Å². The molecular formula is C19H21N3O. The molecule has 0 aliphatic rings. The predicted molar refractivity (Wildman–Crippen MR) is 94.6 cm³/mol. The minimum atomic E-state index is -0.914. The Morgan fingerprint density at radius 3 is 1.35 bits per heavy atom. The summed E-state index contributed by atoms with van der Waals surface area (Å²) >= 11 is 0. The molecule has 0 fully saturated rings. The Morgan fingerprint density at radius 1 is 0.609 bits per heavy atom. The molecule has 0 aliphatic heterocycles. The Bertz CT molecular complexity index is 665. The second-order valence-corrected chi connectivity index (χ2v) is 5.16.